The molecule has 0 spiro atoms. The van der Waals surface area contributed by atoms with Gasteiger partial charge in [-0.05, 0) is 0 Å². The Morgan fingerprint density at radius 1 is 1.00 bits per heavy atom. The summed E-state index contributed by atoms with van der Waals surface area (Å²) in [5.74, 6) is 0. The minimum Gasteiger partial charge on any atom is -0.294 e. The zero-order valence-electron chi connectivity index (χ0n) is 6.39. The summed E-state index contributed by atoms with van der Waals surface area (Å²) in [6.07, 6.45) is 0. The molecule has 0 aliphatic rings. The maximum atomic E-state index is 10.7. The molecule has 1 unspecified atom stereocenters. The molecule has 0 rings (SSSR count). The van der Waals surface area contributed by atoms with Gasteiger partial charge in [-0.1, -0.05) is 69.6 Å². The highest BCUT2D eigenvalue weighted by Gasteiger charge is 2.32. The second-order valence-electron chi connectivity index (χ2n) is 2.26. The normalized spacial score (nSPS) is 16.0. The molecule has 0 radical (unpaired) electrons. The van der Waals surface area contributed by atoms with E-state index in [0.717, 1.165) is 4.31 Å². The van der Waals surface area contributed by atoms with Gasteiger partial charge in [0.15, 0.2) is 0 Å². The monoisotopic (exact) mass is 341 g/mol. The third-order valence-electron chi connectivity index (χ3n) is 0.932. The minimum absolute atomic E-state index is 0.325. The Morgan fingerprint density at radius 2 is 1.29 bits per heavy atom. The molecule has 0 heterocycles. The van der Waals surface area contributed by atoms with Crippen LogP contribution in [0.1, 0.15) is 0 Å². The molecule has 0 aliphatic heterocycles. The molecule has 0 aliphatic carbocycles. The molecule has 3 nitrogen and oxygen atoms in total. The van der Waals surface area contributed by atoms with Crippen molar-refractivity contribution < 1.29 is 8.76 Å². The molecule has 0 bridgehead atoms. The van der Waals surface area contributed by atoms with Crippen molar-refractivity contribution in [2.24, 2.45) is 0 Å². The second-order valence-corrected chi connectivity index (χ2v) is 8.27. The molecule has 10 heteroatoms. The van der Waals surface area contributed by atoms with Crippen LogP contribution in [-0.2, 0) is 11.3 Å². The van der Waals surface area contributed by atoms with E-state index in [4.69, 9.17) is 74.2 Å². The lowest BCUT2D eigenvalue weighted by Gasteiger charge is -2.24. The molecule has 86 valence electrons. The van der Waals surface area contributed by atoms with Crippen LogP contribution in [0.2, 0.25) is 0 Å². The lowest BCUT2D eigenvalue weighted by atomic mass is 10.6. The second kappa shape index (κ2) is 5.94. The summed E-state index contributed by atoms with van der Waals surface area (Å²) >= 11 is 30.1. The van der Waals surface area contributed by atoms with Crippen LogP contribution in [-0.4, -0.2) is 33.7 Å². The van der Waals surface area contributed by atoms with Crippen LogP contribution in [0.25, 0.3) is 0 Å². The highest BCUT2D eigenvalue weighted by atomic mass is 35.6. The Kier molecular flexibility index (Phi) is 6.71. The Hall–Kier alpha value is 1.81. The molecular formula is C4H5Cl6NO2S. The van der Waals surface area contributed by atoms with Crippen molar-refractivity contribution in [3.63, 3.8) is 0 Å². The standard InChI is InChI=1S/C4H5Cl6NO2S/c5-3(6,7)1-11(14(12)13)2-4(8,9)10/h1-2H2,(H,12,13). The lowest BCUT2D eigenvalue weighted by molar-refractivity contribution is 0.407. The quantitative estimate of drug-likeness (QED) is 0.631. The molecule has 0 aromatic carbocycles. The van der Waals surface area contributed by atoms with Crippen molar-refractivity contribution in [1.82, 2.24) is 4.31 Å². The Morgan fingerprint density at radius 3 is 1.43 bits per heavy atom. The Labute approximate surface area is 114 Å². The molecule has 1 N–H and O–H groups in total. The van der Waals surface area contributed by atoms with E-state index in [-0.39, 0.29) is 13.1 Å². The molecular weight excluding hydrogens is 339 g/mol. The topological polar surface area (TPSA) is 40.5 Å². The third-order valence-corrected chi connectivity index (χ3v) is 2.35. The highest BCUT2D eigenvalue weighted by Crippen LogP contribution is 2.31. The van der Waals surface area contributed by atoms with Gasteiger partial charge in [0.05, 0.1) is 13.1 Å². The van der Waals surface area contributed by atoms with Crippen molar-refractivity contribution in [3.05, 3.63) is 0 Å². The number of halogens is 6. The van der Waals surface area contributed by atoms with Gasteiger partial charge in [-0.3, -0.25) is 4.55 Å². The van der Waals surface area contributed by atoms with Gasteiger partial charge in [-0.25, -0.2) is 4.21 Å². The fraction of sp³-hybridized carbons (Fsp3) is 1.00. The maximum Gasteiger partial charge on any atom is 0.234 e. The highest BCUT2D eigenvalue weighted by molar-refractivity contribution is 7.76. The van der Waals surface area contributed by atoms with Crippen molar-refractivity contribution >= 4 is 80.9 Å². The summed E-state index contributed by atoms with van der Waals surface area (Å²) < 4.78 is 16.9. The van der Waals surface area contributed by atoms with Gasteiger partial charge in [-0.15, -0.1) is 0 Å². The summed E-state index contributed by atoms with van der Waals surface area (Å²) in [5, 5.41) is 0. The SMILES string of the molecule is O=S(O)N(CC(Cl)(Cl)Cl)CC(Cl)(Cl)Cl. The summed E-state index contributed by atoms with van der Waals surface area (Å²) in [6, 6.07) is 0. The van der Waals surface area contributed by atoms with E-state index < -0.39 is 18.9 Å². The smallest absolute Gasteiger partial charge is 0.234 e. The number of nitrogens with zero attached hydrogens (tertiary/aromatic N) is 1. The zero-order valence-corrected chi connectivity index (χ0v) is 11.7. The predicted octanol–water partition coefficient (Wildman–Crippen LogP) is 3.17. The van der Waals surface area contributed by atoms with E-state index in [1.54, 1.807) is 0 Å². The van der Waals surface area contributed by atoms with Crippen LogP contribution < -0.4 is 0 Å². The zero-order chi connectivity index (χ0) is 11.6. The van der Waals surface area contributed by atoms with Crippen molar-refractivity contribution in [2.45, 2.75) is 7.59 Å². The average Bonchev–Trinajstić information content (AvgIpc) is 1.78. The van der Waals surface area contributed by atoms with E-state index in [1.807, 2.05) is 0 Å². The first-order valence-corrected chi connectivity index (χ1v) is 6.34. The van der Waals surface area contributed by atoms with Crippen LogP contribution in [0.4, 0.5) is 0 Å². The largest absolute Gasteiger partial charge is 0.294 e. The van der Waals surface area contributed by atoms with E-state index in [9.17, 15) is 4.21 Å². The van der Waals surface area contributed by atoms with Gasteiger partial charge in [0, 0.05) is 0 Å². The van der Waals surface area contributed by atoms with E-state index in [2.05, 4.69) is 0 Å². The fourth-order valence-corrected chi connectivity index (χ4v) is 2.47. The van der Waals surface area contributed by atoms with Crippen LogP contribution in [0.15, 0.2) is 0 Å². The van der Waals surface area contributed by atoms with Gasteiger partial charge < -0.3 is 0 Å². The summed E-state index contributed by atoms with van der Waals surface area (Å²) in [6.45, 7) is -0.649. The predicted molar refractivity (Wildman–Crippen MR) is 62.9 cm³/mol. The Bertz CT molecular complexity index is 197. The number of hydrogen-bond donors (Lipinski definition) is 1. The average molecular weight is 344 g/mol. The van der Waals surface area contributed by atoms with E-state index >= 15 is 0 Å². The van der Waals surface area contributed by atoms with Crippen LogP contribution >= 0.6 is 69.6 Å². The molecule has 0 saturated carbocycles. The van der Waals surface area contributed by atoms with Gasteiger partial charge in [-0.2, -0.15) is 4.31 Å². The number of rotatable bonds is 3. The molecule has 0 aromatic heterocycles. The van der Waals surface area contributed by atoms with E-state index in [0.29, 0.717) is 0 Å². The minimum atomic E-state index is -2.37. The number of alkyl halides is 6. The maximum absolute atomic E-state index is 10.7. The van der Waals surface area contributed by atoms with Gasteiger partial charge in [0.1, 0.15) is 0 Å². The first-order valence-electron chi connectivity index (χ1n) is 3.01. The molecule has 0 saturated heterocycles. The summed E-state index contributed by atoms with van der Waals surface area (Å²) in [4.78, 5) is 0. The first kappa shape index (κ1) is 15.8. The molecule has 1 atom stereocenters. The molecule has 0 aromatic rings. The van der Waals surface area contributed by atoms with Crippen molar-refractivity contribution in [3.8, 4) is 0 Å². The Balaban J connectivity index is 4.40. The van der Waals surface area contributed by atoms with Crippen LogP contribution in [0.5, 0.6) is 0 Å². The molecule has 0 amide bonds. The molecule has 0 fully saturated rings. The van der Waals surface area contributed by atoms with Gasteiger partial charge >= 0.3 is 0 Å². The lowest BCUT2D eigenvalue weighted by Crippen LogP contribution is -2.39. The van der Waals surface area contributed by atoms with Crippen molar-refractivity contribution in [1.29, 1.82) is 0 Å². The van der Waals surface area contributed by atoms with E-state index in [1.165, 1.54) is 0 Å². The summed E-state index contributed by atoms with van der Waals surface area (Å²) in [7, 11) is 0. The van der Waals surface area contributed by atoms with Crippen molar-refractivity contribution in [2.75, 3.05) is 13.1 Å². The van der Waals surface area contributed by atoms with Crippen LogP contribution in [0, 0.1) is 0 Å². The van der Waals surface area contributed by atoms with Gasteiger partial charge in [0.25, 0.3) is 0 Å². The van der Waals surface area contributed by atoms with Gasteiger partial charge in [0.2, 0.25) is 18.9 Å². The number of hydrogen-bond acceptors (Lipinski definition) is 1. The van der Waals surface area contributed by atoms with Crippen LogP contribution in [0.3, 0.4) is 0 Å². The first-order chi connectivity index (χ1) is 6.01. The summed E-state index contributed by atoms with van der Waals surface area (Å²) in [5.41, 5.74) is 0. The molecule has 14 heavy (non-hydrogen) atoms. The fourth-order valence-electron chi connectivity index (χ4n) is 0.566. The third kappa shape index (κ3) is 9.07.